The van der Waals surface area contributed by atoms with Gasteiger partial charge in [0.05, 0.1) is 31.4 Å². The molecule has 2 aliphatic heterocycles. The summed E-state index contributed by atoms with van der Waals surface area (Å²) in [5.41, 5.74) is 2.13. The van der Waals surface area contributed by atoms with E-state index >= 15 is 0 Å². The minimum atomic E-state index is 0.430. The number of imidazole rings is 1. The largest absolute Gasteiger partial charge is 0.378 e. The first kappa shape index (κ1) is 18.4. The van der Waals surface area contributed by atoms with E-state index in [4.69, 9.17) is 4.74 Å². The Morgan fingerprint density at radius 3 is 2.44 bits per heavy atom. The Labute approximate surface area is 161 Å². The van der Waals surface area contributed by atoms with Gasteiger partial charge in [-0.1, -0.05) is 13.3 Å². The SMILES string of the molecule is CC[C@@H](CN1CCCCC1)n1cncc1-c1cnc(N2CCOCC2)nc1. The number of morpholine rings is 1. The molecule has 0 unspecified atom stereocenters. The topological polar surface area (TPSA) is 59.3 Å². The van der Waals surface area contributed by atoms with Gasteiger partial charge in [-0.2, -0.15) is 0 Å². The fraction of sp³-hybridized carbons (Fsp3) is 0.650. The lowest BCUT2D eigenvalue weighted by atomic mass is 10.1. The van der Waals surface area contributed by atoms with Crippen molar-refractivity contribution in [2.75, 3.05) is 50.8 Å². The van der Waals surface area contributed by atoms with Crippen LogP contribution in [0, 0.1) is 0 Å². The van der Waals surface area contributed by atoms with Crippen LogP contribution in [0.4, 0.5) is 5.95 Å². The van der Waals surface area contributed by atoms with Crippen LogP contribution in [0.2, 0.25) is 0 Å². The predicted molar refractivity (Wildman–Crippen MR) is 106 cm³/mol. The van der Waals surface area contributed by atoms with Crippen LogP contribution in [0.25, 0.3) is 11.3 Å². The number of rotatable bonds is 6. The molecule has 27 heavy (non-hydrogen) atoms. The average molecular weight is 371 g/mol. The van der Waals surface area contributed by atoms with Gasteiger partial charge in [0.2, 0.25) is 5.95 Å². The number of ether oxygens (including phenoxy) is 1. The number of hydrogen-bond donors (Lipinski definition) is 0. The zero-order valence-corrected chi connectivity index (χ0v) is 16.3. The summed E-state index contributed by atoms with van der Waals surface area (Å²) in [6.45, 7) is 8.98. The summed E-state index contributed by atoms with van der Waals surface area (Å²) in [7, 11) is 0. The summed E-state index contributed by atoms with van der Waals surface area (Å²) in [6.07, 6.45) is 12.9. The molecule has 2 saturated heterocycles. The highest BCUT2D eigenvalue weighted by atomic mass is 16.5. The van der Waals surface area contributed by atoms with Crippen LogP contribution in [0.5, 0.6) is 0 Å². The van der Waals surface area contributed by atoms with Crippen molar-refractivity contribution in [2.45, 2.75) is 38.6 Å². The molecular formula is C20H30N6O. The molecule has 0 N–H and O–H groups in total. The maximum absolute atomic E-state index is 5.41. The molecule has 0 spiro atoms. The Morgan fingerprint density at radius 1 is 1.00 bits per heavy atom. The van der Waals surface area contributed by atoms with Gasteiger partial charge in [-0.3, -0.25) is 0 Å². The Kier molecular flexibility index (Phi) is 5.99. The van der Waals surface area contributed by atoms with E-state index in [0.29, 0.717) is 6.04 Å². The second-order valence-corrected chi connectivity index (χ2v) is 7.48. The number of aromatic nitrogens is 4. The molecule has 0 aliphatic carbocycles. The van der Waals surface area contributed by atoms with Gasteiger partial charge in [-0.25, -0.2) is 15.0 Å². The van der Waals surface area contributed by atoms with Crippen LogP contribution in [-0.4, -0.2) is 70.4 Å². The number of hydrogen-bond acceptors (Lipinski definition) is 6. The highest BCUT2D eigenvalue weighted by molar-refractivity contribution is 5.57. The second kappa shape index (κ2) is 8.80. The first-order valence-electron chi connectivity index (χ1n) is 10.2. The van der Waals surface area contributed by atoms with Crippen molar-refractivity contribution in [3.05, 3.63) is 24.9 Å². The zero-order valence-electron chi connectivity index (χ0n) is 16.3. The summed E-state index contributed by atoms with van der Waals surface area (Å²) in [6, 6.07) is 0.430. The molecule has 0 aromatic carbocycles. The quantitative estimate of drug-likeness (QED) is 0.779. The first-order valence-corrected chi connectivity index (χ1v) is 10.2. The number of nitrogens with zero attached hydrogens (tertiary/aromatic N) is 6. The van der Waals surface area contributed by atoms with Crippen molar-refractivity contribution < 1.29 is 4.74 Å². The fourth-order valence-electron chi connectivity index (χ4n) is 4.05. The molecule has 7 nitrogen and oxygen atoms in total. The van der Waals surface area contributed by atoms with Gasteiger partial charge in [0, 0.05) is 43.6 Å². The summed E-state index contributed by atoms with van der Waals surface area (Å²) >= 11 is 0. The maximum atomic E-state index is 5.41. The third-order valence-corrected chi connectivity index (χ3v) is 5.68. The molecule has 4 rings (SSSR count). The van der Waals surface area contributed by atoms with Gasteiger partial charge >= 0.3 is 0 Å². The van der Waals surface area contributed by atoms with Crippen LogP contribution < -0.4 is 4.90 Å². The summed E-state index contributed by atoms with van der Waals surface area (Å²) in [4.78, 5) is 18.4. The van der Waals surface area contributed by atoms with Crippen LogP contribution >= 0.6 is 0 Å². The Hall–Kier alpha value is -1.99. The third kappa shape index (κ3) is 4.30. The summed E-state index contributed by atoms with van der Waals surface area (Å²) in [5, 5.41) is 0. The maximum Gasteiger partial charge on any atom is 0.225 e. The van der Waals surface area contributed by atoms with E-state index in [9.17, 15) is 0 Å². The highest BCUT2D eigenvalue weighted by Gasteiger charge is 2.20. The lowest BCUT2D eigenvalue weighted by molar-refractivity contribution is 0.122. The van der Waals surface area contributed by atoms with Gasteiger partial charge in [0.1, 0.15) is 0 Å². The minimum Gasteiger partial charge on any atom is -0.378 e. The highest BCUT2D eigenvalue weighted by Crippen LogP contribution is 2.25. The van der Waals surface area contributed by atoms with Gasteiger partial charge in [-0.15, -0.1) is 0 Å². The molecule has 0 amide bonds. The average Bonchev–Trinajstić information content (AvgIpc) is 3.23. The molecule has 2 aromatic heterocycles. The minimum absolute atomic E-state index is 0.430. The standard InChI is InChI=1S/C20H30N6O/c1-2-18(15-24-6-4-3-5-7-24)26-16-21-14-19(26)17-12-22-20(23-13-17)25-8-10-27-11-9-25/h12-14,16,18H,2-11,15H2,1H3/t18-/m0/s1. The number of anilines is 1. The first-order chi connectivity index (χ1) is 13.3. The third-order valence-electron chi connectivity index (χ3n) is 5.68. The molecule has 4 heterocycles. The van der Waals surface area contributed by atoms with Crippen molar-refractivity contribution in [1.29, 1.82) is 0 Å². The lowest BCUT2D eigenvalue weighted by Gasteiger charge is -2.31. The molecule has 0 saturated carbocycles. The molecule has 7 heteroatoms. The molecule has 0 bridgehead atoms. The van der Waals surface area contributed by atoms with Crippen molar-refractivity contribution in [2.24, 2.45) is 0 Å². The second-order valence-electron chi connectivity index (χ2n) is 7.48. The number of likely N-dealkylation sites (tertiary alicyclic amines) is 1. The van der Waals surface area contributed by atoms with Crippen LogP contribution in [0.3, 0.4) is 0 Å². The van der Waals surface area contributed by atoms with Crippen molar-refractivity contribution >= 4 is 5.95 Å². The summed E-state index contributed by atoms with van der Waals surface area (Å²) < 4.78 is 7.72. The molecule has 2 fully saturated rings. The monoisotopic (exact) mass is 370 g/mol. The van der Waals surface area contributed by atoms with E-state index in [1.807, 2.05) is 24.9 Å². The van der Waals surface area contributed by atoms with E-state index < -0.39 is 0 Å². The van der Waals surface area contributed by atoms with Gasteiger partial charge in [-0.05, 0) is 32.4 Å². The van der Waals surface area contributed by atoms with Gasteiger partial charge < -0.3 is 19.1 Å². The predicted octanol–water partition coefficient (Wildman–Crippen LogP) is 2.61. The van der Waals surface area contributed by atoms with E-state index in [1.165, 1.54) is 32.4 Å². The van der Waals surface area contributed by atoms with Crippen molar-refractivity contribution in [3.8, 4) is 11.3 Å². The van der Waals surface area contributed by atoms with Gasteiger partial charge in [0.25, 0.3) is 0 Å². The molecule has 1 atom stereocenters. The number of piperidine rings is 1. The normalized spacial score (nSPS) is 20.0. The van der Waals surface area contributed by atoms with E-state index in [2.05, 4.69) is 36.2 Å². The van der Waals surface area contributed by atoms with Gasteiger partial charge in [0.15, 0.2) is 0 Å². The molecular weight excluding hydrogens is 340 g/mol. The Morgan fingerprint density at radius 2 is 1.74 bits per heavy atom. The van der Waals surface area contributed by atoms with Crippen LogP contribution in [0.15, 0.2) is 24.9 Å². The zero-order chi connectivity index (χ0) is 18.5. The van der Waals surface area contributed by atoms with Crippen LogP contribution in [-0.2, 0) is 4.74 Å². The molecule has 2 aliphatic rings. The Balaban J connectivity index is 1.50. The Bertz CT molecular complexity index is 704. The summed E-state index contributed by atoms with van der Waals surface area (Å²) in [5.74, 6) is 0.786. The lowest BCUT2D eigenvalue weighted by Crippen LogP contribution is -2.37. The van der Waals surface area contributed by atoms with E-state index in [1.54, 1.807) is 0 Å². The fourth-order valence-corrected chi connectivity index (χ4v) is 4.05. The molecule has 2 aromatic rings. The van der Waals surface area contributed by atoms with E-state index in [0.717, 1.165) is 56.5 Å². The molecule has 0 radical (unpaired) electrons. The van der Waals surface area contributed by atoms with Crippen molar-refractivity contribution in [3.63, 3.8) is 0 Å². The molecule has 146 valence electrons. The smallest absolute Gasteiger partial charge is 0.225 e. The van der Waals surface area contributed by atoms with E-state index in [-0.39, 0.29) is 0 Å². The van der Waals surface area contributed by atoms with Crippen LogP contribution in [0.1, 0.15) is 38.6 Å². The van der Waals surface area contributed by atoms with Crippen molar-refractivity contribution in [1.82, 2.24) is 24.4 Å².